The molecule has 0 saturated carbocycles. The number of halogens is 4. The monoisotopic (exact) mass is 391 g/mol. The highest BCUT2D eigenvalue weighted by Gasteiger charge is 2.31. The number of alkyl halides is 3. The Kier molecular flexibility index (Phi) is 5.37. The third-order valence-electron chi connectivity index (χ3n) is 3.64. The minimum Gasteiger partial charge on any atom is -0.457 e. The van der Waals surface area contributed by atoms with Crippen molar-refractivity contribution in [1.29, 1.82) is 0 Å². The molecule has 0 saturated heterocycles. The van der Waals surface area contributed by atoms with E-state index in [1.54, 1.807) is 42.5 Å². The Hall–Kier alpha value is -2.99. The van der Waals surface area contributed by atoms with Crippen molar-refractivity contribution in [2.24, 2.45) is 0 Å². The molecule has 1 N–H and O–H groups in total. The number of hydrogen-bond donors (Lipinski definition) is 1. The lowest BCUT2D eigenvalue weighted by molar-refractivity contribution is -0.137. The first kappa shape index (κ1) is 18.8. The van der Waals surface area contributed by atoms with E-state index in [4.69, 9.17) is 16.3 Å². The smallest absolute Gasteiger partial charge is 0.416 e. The lowest BCUT2D eigenvalue weighted by Crippen LogP contribution is -2.14. The van der Waals surface area contributed by atoms with Crippen LogP contribution in [0.2, 0.25) is 5.02 Å². The highest BCUT2D eigenvalue weighted by Crippen LogP contribution is 2.34. The van der Waals surface area contributed by atoms with Crippen molar-refractivity contribution < 1.29 is 22.7 Å². The number of carbonyl (C=O) groups is 1. The van der Waals surface area contributed by atoms with E-state index < -0.39 is 17.6 Å². The van der Waals surface area contributed by atoms with E-state index in [-0.39, 0.29) is 22.0 Å². The van der Waals surface area contributed by atoms with Crippen LogP contribution in [0.5, 0.6) is 11.5 Å². The number of para-hydroxylation sites is 2. The van der Waals surface area contributed by atoms with Gasteiger partial charge in [0.2, 0.25) is 0 Å². The highest BCUT2D eigenvalue weighted by molar-refractivity contribution is 6.34. The number of hydrogen-bond acceptors (Lipinski definition) is 2. The number of rotatable bonds is 4. The minimum atomic E-state index is -4.54. The van der Waals surface area contributed by atoms with Crippen molar-refractivity contribution in [3.63, 3.8) is 0 Å². The molecule has 0 radical (unpaired) electrons. The van der Waals surface area contributed by atoms with Crippen molar-refractivity contribution >= 4 is 23.2 Å². The topological polar surface area (TPSA) is 38.3 Å². The number of carbonyl (C=O) groups excluding carboxylic acids is 1. The maximum atomic E-state index is 12.9. The molecule has 0 fully saturated rings. The first-order valence-electron chi connectivity index (χ1n) is 7.84. The van der Waals surface area contributed by atoms with Gasteiger partial charge in [-0.05, 0) is 42.5 Å². The molecule has 0 heterocycles. The summed E-state index contributed by atoms with van der Waals surface area (Å²) in [5, 5.41) is 2.41. The zero-order valence-electron chi connectivity index (χ0n) is 13.8. The second-order valence-electron chi connectivity index (χ2n) is 5.56. The van der Waals surface area contributed by atoms with Gasteiger partial charge in [-0.25, -0.2) is 0 Å². The lowest BCUT2D eigenvalue weighted by atomic mass is 10.1. The molecule has 0 aromatic heterocycles. The average Bonchev–Trinajstić information content (AvgIpc) is 2.64. The van der Waals surface area contributed by atoms with Crippen molar-refractivity contribution in [2.45, 2.75) is 6.18 Å². The summed E-state index contributed by atoms with van der Waals surface area (Å²) in [6, 6.07) is 18.0. The number of amides is 1. The van der Waals surface area contributed by atoms with Crippen molar-refractivity contribution in [1.82, 2.24) is 0 Å². The van der Waals surface area contributed by atoms with Gasteiger partial charge < -0.3 is 10.1 Å². The average molecular weight is 392 g/mol. The molecule has 3 aromatic carbocycles. The Balaban J connectivity index is 1.87. The Labute approximate surface area is 158 Å². The summed E-state index contributed by atoms with van der Waals surface area (Å²) in [6.07, 6.45) is -4.54. The summed E-state index contributed by atoms with van der Waals surface area (Å²) in [7, 11) is 0. The van der Waals surface area contributed by atoms with E-state index >= 15 is 0 Å². The van der Waals surface area contributed by atoms with E-state index in [1.807, 2.05) is 6.07 Å². The Bertz CT molecular complexity index is 959. The van der Waals surface area contributed by atoms with E-state index in [1.165, 1.54) is 6.07 Å². The van der Waals surface area contributed by atoms with E-state index in [9.17, 15) is 18.0 Å². The molecule has 0 unspecified atom stereocenters. The summed E-state index contributed by atoms with van der Waals surface area (Å²) in [4.78, 5) is 12.6. The molecule has 0 aliphatic carbocycles. The summed E-state index contributed by atoms with van der Waals surface area (Å²) in [6.45, 7) is 0. The molecular weight excluding hydrogens is 379 g/mol. The summed E-state index contributed by atoms with van der Waals surface area (Å²) >= 11 is 5.93. The number of benzene rings is 3. The van der Waals surface area contributed by atoms with Crippen molar-refractivity contribution in [3.8, 4) is 11.5 Å². The van der Waals surface area contributed by atoms with Gasteiger partial charge in [-0.1, -0.05) is 41.9 Å². The highest BCUT2D eigenvalue weighted by atomic mass is 35.5. The van der Waals surface area contributed by atoms with Crippen LogP contribution in [0.1, 0.15) is 15.9 Å². The van der Waals surface area contributed by atoms with Crippen LogP contribution in [0.15, 0.2) is 72.8 Å². The third kappa shape index (κ3) is 4.60. The molecule has 0 atom stereocenters. The minimum absolute atomic E-state index is 0.00203. The van der Waals surface area contributed by atoms with E-state index in [0.717, 1.165) is 18.2 Å². The largest absolute Gasteiger partial charge is 0.457 e. The van der Waals surface area contributed by atoms with E-state index in [2.05, 4.69) is 5.32 Å². The normalized spacial score (nSPS) is 11.1. The first-order chi connectivity index (χ1) is 12.8. The van der Waals surface area contributed by atoms with Crippen LogP contribution in [-0.2, 0) is 6.18 Å². The standard InChI is InChI=1S/C20H13ClF3NO2/c21-16-11-10-13(20(22,23)24)12-17(16)25-19(26)15-8-4-5-9-18(15)27-14-6-2-1-3-7-14/h1-12H,(H,25,26). The lowest BCUT2D eigenvalue weighted by Gasteiger charge is -2.14. The fourth-order valence-electron chi connectivity index (χ4n) is 2.35. The maximum Gasteiger partial charge on any atom is 0.416 e. The summed E-state index contributed by atoms with van der Waals surface area (Å²) < 4.78 is 44.4. The molecule has 7 heteroatoms. The second-order valence-corrected chi connectivity index (χ2v) is 5.96. The molecule has 0 aliphatic heterocycles. The third-order valence-corrected chi connectivity index (χ3v) is 3.97. The summed E-state index contributed by atoms with van der Waals surface area (Å²) in [5.74, 6) is 0.155. The van der Waals surface area contributed by atoms with Gasteiger partial charge in [0, 0.05) is 0 Å². The Morgan fingerprint density at radius 3 is 2.30 bits per heavy atom. The molecular formula is C20H13ClF3NO2. The first-order valence-corrected chi connectivity index (χ1v) is 8.22. The van der Waals surface area contributed by atoms with Crippen molar-refractivity contribution in [3.05, 3.63) is 88.9 Å². The predicted octanol–water partition coefficient (Wildman–Crippen LogP) is 6.40. The summed E-state index contributed by atoms with van der Waals surface area (Å²) in [5.41, 5.74) is -0.878. The molecule has 0 bridgehead atoms. The van der Waals surface area contributed by atoms with Gasteiger partial charge in [0.1, 0.15) is 11.5 Å². The van der Waals surface area contributed by atoms with Crippen LogP contribution in [0.4, 0.5) is 18.9 Å². The van der Waals surface area contributed by atoms with Gasteiger partial charge in [-0.3, -0.25) is 4.79 Å². The molecule has 138 valence electrons. The predicted molar refractivity (Wildman–Crippen MR) is 97.4 cm³/mol. The quantitative estimate of drug-likeness (QED) is 0.558. The molecule has 0 spiro atoms. The van der Waals surface area contributed by atoms with Crippen LogP contribution in [-0.4, -0.2) is 5.91 Å². The molecule has 1 amide bonds. The van der Waals surface area contributed by atoms with Gasteiger partial charge in [-0.15, -0.1) is 0 Å². The fourth-order valence-corrected chi connectivity index (χ4v) is 2.51. The van der Waals surface area contributed by atoms with Crippen LogP contribution in [0.3, 0.4) is 0 Å². The van der Waals surface area contributed by atoms with Gasteiger partial charge >= 0.3 is 6.18 Å². The van der Waals surface area contributed by atoms with Gasteiger partial charge in [0.05, 0.1) is 21.8 Å². The molecule has 3 rings (SSSR count). The number of nitrogens with one attached hydrogen (secondary N) is 1. The zero-order valence-corrected chi connectivity index (χ0v) is 14.5. The van der Waals surface area contributed by atoms with Crippen LogP contribution in [0.25, 0.3) is 0 Å². The van der Waals surface area contributed by atoms with Gasteiger partial charge in [0.25, 0.3) is 5.91 Å². The Morgan fingerprint density at radius 2 is 1.59 bits per heavy atom. The second kappa shape index (κ2) is 7.72. The molecule has 3 aromatic rings. The van der Waals surface area contributed by atoms with Crippen LogP contribution in [0, 0.1) is 0 Å². The molecule has 3 nitrogen and oxygen atoms in total. The van der Waals surface area contributed by atoms with E-state index in [0.29, 0.717) is 5.75 Å². The van der Waals surface area contributed by atoms with Gasteiger partial charge in [0.15, 0.2) is 0 Å². The number of ether oxygens (including phenoxy) is 1. The van der Waals surface area contributed by atoms with Crippen molar-refractivity contribution in [2.75, 3.05) is 5.32 Å². The molecule has 0 aliphatic rings. The Morgan fingerprint density at radius 1 is 0.926 bits per heavy atom. The van der Waals surface area contributed by atoms with Gasteiger partial charge in [-0.2, -0.15) is 13.2 Å². The maximum absolute atomic E-state index is 12.9. The fraction of sp³-hybridized carbons (Fsp3) is 0.0500. The zero-order chi connectivity index (χ0) is 19.4. The molecule has 27 heavy (non-hydrogen) atoms. The van der Waals surface area contributed by atoms with Crippen LogP contribution < -0.4 is 10.1 Å². The number of anilines is 1. The SMILES string of the molecule is O=C(Nc1cc(C(F)(F)F)ccc1Cl)c1ccccc1Oc1ccccc1. The van der Waals surface area contributed by atoms with Crippen LogP contribution >= 0.6 is 11.6 Å².